The molecule has 2 unspecified atom stereocenters. The van der Waals surface area contributed by atoms with Crippen molar-refractivity contribution >= 4 is 17.4 Å². The Bertz CT molecular complexity index is 356. The molecule has 15 heavy (non-hydrogen) atoms. The minimum absolute atomic E-state index is 0.0347. The first-order valence-corrected chi connectivity index (χ1v) is 5.52. The quantitative estimate of drug-likeness (QED) is 0.785. The summed E-state index contributed by atoms with van der Waals surface area (Å²) in [5.41, 5.74) is 2.31. The van der Waals surface area contributed by atoms with Gasteiger partial charge in [0.1, 0.15) is 5.82 Å². The Hall–Kier alpha value is -0.800. The van der Waals surface area contributed by atoms with Gasteiger partial charge in [0, 0.05) is 6.20 Å². The van der Waals surface area contributed by atoms with Gasteiger partial charge in [0.05, 0.1) is 24.6 Å². The molecule has 2 heterocycles. The minimum atomic E-state index is 0.0347. The number of hydrogen-bond donors (Lipinski definition) is 1. The summed E-state index contributed by atoms with van der Waals surface area (Å²) in [4.78, 5) is 4.35. The molecule has 3 nitrogen and oxygen atoms in total. The molecule has 0 aromatic carbocycles. The van der Waals surface area contributed by atoms with E-state index in [-0.39, 0.29) is 11.4 Å². The van der Waals surface area contributed by atoms with Crippen molar-refractivity contribution in [3.05, 3.63) is 23.4 Å². The Balaban J connectivity index is 2.10. The van der Waals surface area contributed by atoms with Gasteiger partial charge in [0.2, 0.25) is 0 Å². The van der Waals surface area contributed by atoms with E-state index in [1.54, 1.807) is 0 Å². The van der Waals surface area contributed by atoms with Crippen LogP contribution in [0.2, 0.25) is 0 Å². The SMILES string of the molecule is Cc1cnc(NC2COCC2Cl)c(C)c1. The minimum Gasteiger partial charge on any atom is -0.378 e. The van der Waals surface area contributed by atoms with Gasteiger partial charge in [-0.05, 0) is 25.0 Å². The molecule has 1 fully saturated rings. The van der Waals surface area contributed by atoms with Crippen molar-refractivity contribution in [2.75, 3.05) is 18.5 Å². The van der Waals surface area contributed by atoms with Crippen LogP contribution in [0.3, 0.4) is 0 Å². The number of alkyl halides is 1. The monoisotopic (exact) mass is 226 g/mol. The third-order valence-corrected chi connectivity index (χ3v) is 2.98. The number of aryl methyl sites for hydroxylation is 2. The van der Waals surface area contributed by atoms with Crippen molar-refractivity contribution < 1.29 is 4.74 Å². The zero-order valence-corrected chi connectivity index (χ0v) is 9.71. The first-order valence-electron chi connectivity index (χ1n) is 5.08. The van der Waals surface area contributed by atoms with E-state index in [0.29, 0.717) is 13.2 Å². The van der Waals surface area contributed by atoms with Gasteiger partial charge in [0.15, 0.2) is 0 Å². The Kier molecular flexibility index (Phi) is 3.12. The van der Waals surface area contributed by atoms with E-state index in [9.17, 15) is 0 Å². The van der Waals surface area contributed by atoms with Gasteiger partial charge >= 0.3 is 0 Å². The topological polar surface area (TPSA) is 34.2 Å². The lowest BCUT2D eigenvalue weighted by molar-refractivity contribution is 0.196. The van der Waals surface area contributed by atoms with Crippen LogP contribution >= 0.6 is 11.6 Å². The van der Waals surface area contributed by atoms with Crippen LogP contribution in [0, 0.1) is 13.8 Å². The molecule has 0 saturated carbocycles. The van der Waals surface area contributed by atoms with Gasteiger partial charge < -0.3 is 10.1 Å². The van der Waals surface area contributed by atoms with Crippen LogP contribution in [0.15, 0.2) is 12.3 Å². The highest BCUT2D eigenvalue weighted by Crippen LogP contribution is 2.19. The Morgan fingerprint density at radius 1 is 1.47 bits per heavy atom. The molecule has 0 bridgehead atoms. The van der Waals surface area contributed by atoms with E-state index >= 15 is 0 Å². The van der Waals surface area contributed by atoms with E-state index in [1.165, 1.54) is 5.56 Å². The molecule has 0 spiro atoms. The molecule has 1 aromatic heterocycles. The molecule has 1 aromatic rings. The molecule has 0 aliphatic carbocycles. The lowest BCUT2D eigenvalue weighted by atomic mass is 10.2. The standard InChI is InChI=1S/C11H15ClN2O/c1-7-3-8(2)11(13-4-7)14-10-6-15-5-9(10)12/h3-4,9-10H,5-6H2,1-2H3,(H,13,14). The number of ether oxygens (including phenoxy) is 1. The molecule has 0 amide bonds. The fourth-order valence-electron chi connectivity index (χ4n) is 1.70. The van der Waals surface area contributed by atoms with Crippen molar-refractivity contribution in [2.24, 2.45) is 0 Å². The maximum Gasteiger partial charge on any atom is 0.129 e. The highest BCUT2D eigenvalue weighted by atomic mass is 35.5. The average molecular weight is 227 g/mol. The summed E-state index contributed by atoms with van der Waals surface area (Å²) in [5, 5.41) is 3.35. The lowest BCUT2D eigenvalue weighted by Crippen LogP contribution is -2.29. The Morgan fingerprint density at radius 3 is 2.87 bits per heavy atom. The number of anilines is 1. The summed E-state index contributed by atoms with van der Waals surface area (Å²) in [6.07, 6.45) is 1.86. The van der Waals surface area contributed by atoms with Crippen molar-refractivity contribution in [1.82, 2.24) is 4.98 Å². The summed E-state index contributed by atoms with van der Waals surface area (Å²) in [5.74, 6) is 0.904. The highest BCUT2D eigenvalue weighted by Gasteiger charge is 2.26. The van der Waals surface area contributed by atoms with Gasteiger partial charge in [-0.1, -0.05) is 6.07 Å². The van der Waals surface area contributed by atoms with Crippen LogP contribution in [0.25, 0.3) is 0 Å². The van der Waals surface area contributed by atoms with Crippen LogP contribution in [-0.2, 0) is 4.74 Å². The van der Waals surface area contributed by atoms with E-state index in [4.69, 9.17) is 16.3 Å². The summed E-state index contributed by atoms with van der Waals surface area (Å²) >= 11 is 6.10. The van der Waals surface area contributed by atoms with Crippen LogP contribution in [-0.4, -0.2) is 29.6 Å². The van der Waals surface area contributed by atoms with E-state index < -0.39 is 0 Å². The molecule has 1 aliphatic rings. The van der Waals surface area contributed by atoms with Gasteiger partial charge in [-0.3, -0.25) is 0 Å². The van der Waals surface area contributed by atoms with Crippen molar-refractivity contribution in [3.63, 3.8) is 0 Å². The van der Waals surface area contributed by atoms with Gasteiger partial charge in [-0.15, -0.1) is 11.6 Å². The second kappa shape index (κ2) is 4.37. The maximum absolute atomic E-state index is 6.10. The van der Waals surface area contributed by atoms with E-state index in [1.807, 2.05) is 20.0 Å². The largest absolute Gasteiger partial charge is 0.378 e. The molecule has 2 rings (SSSR count). The van der Waals surface area contributed by atoms with Crippen LogP contribution < -0.4 is 5.32 Å². The summed E-state index contributed by atoms with van der Waals surface area (Å²) in [6.45, 7) is 5.35. The van der Waals surface area contributed by atoms with Gasteiger partial charge in [-0.25, -0.2) is 4.98 Å². The number of pyridine rings is 1. The highest BCUT2D eigenvalue weighted by molar-refractivity contribution is 6.21. The summed E-state index contributed by atoms with van der Waals surface area (Å²) in [7, 11) is 0. The van der Waals surface area contributed by atoms with Crippen molar-refractivity contribution in [3.8, 4) is 0 Å². The van der Waals surface area contributed by atoms with Crippen LogP contribution in [0.1, 0.15) is 11.1 Å². The zero-order chi connectivity index (χ0) is 10.8. The van der Waals surface area contributed by atoms with Crippen LogP contribution in [0.4, 0.5) is 5.82 Å². The Labute approximate surface area is 94.8 Å². The smallest absolute Gasteiger partial charge is 0.129 e. The fourth-order valence-corrected chi connectivity index (χ4v) is 1.93. The molecule has 82 valence electrons. The van der Waals surface area contributed by atoms with Crippen molar-refractivity contribution in [1.29, 1.82) is 0 Å². The van der Waals surface area contributed by atoms with Crippen molar-refractivity contribution in [2.45, 2.75) is 25.3 Å². The van der Waals surface area contributed by atoms with E-state index in [2.05, 4.69) is 16.4 Å². The number of hydrogen-bond acceptors (Lipinski definition) is 3. The second-order valence-corrected chi connectivity index (χ2v) is 4.54. The van der Waals surface area contributed by atoms with Gasteiger partial charge in [-0.2, -0.15) is 0 Å². The molecule has 2 atom stereocenters. The van der Waals surface area contributed by atoms with Gasteiger partial charge in [0.25, 0.3) is 0 Å². The average Bonchev–Trinajstić information content (AvgIpc) is 2.57. The second-order valence-electron chi connectivity index (χ2n) is 3.98. The summed E-state index contributed by atoms with van der Waals surface area (Å²) in [6, 6.07) is 2.27. The normalized spacial score (nSPS) is 25.5. The molecule has 0 radical (unpaired) electrons. The first-order chi connectivity index (χ1) is 7.16. The summed E-state index contributed by atoms with van der Waals surface area (Å²) < 4.78 is 5.28. The van der Waals surface area contributed by atoms with E-state index in [0.717, 1.165) is 11.4 Å². The first kappa shape index (κ1) is 10.7. The molecule has 1 aliphatic heterocycles. The third kappa shape index (κ3) is 2.41. The molecule has 1 N–H and O–H groups in total. The molecular formula is C11H15ClN2O. The number of rotatable bonds is 2. The molecular weight excluding hydrogens is 212 g/mol. The Morgan fingerprint density at radius 2 is 2.27 bits per heavy atom. The predicted octanol–water partition coefficient (Wildman–Crippen LogP) is 2.12. The number of halogens is 1. The lowest BCUT2D eigenvalue weighted by Gasteiger charge is -2.16. The number of aromatic nitrogens is 1. The zero-order valence-electron chi connectivity index (χ0n) is 8.96. The third-order valence-electron chi connectivity index (χ3n) is 2.55. The van der Waals surface area contributed by atoms with Crippen LogP contribution in [0.5, 0.6) is 0 Å². The maximum atomic E-state index is 6.10. The number of nitrogens with zero attached hydrogens (tertiary/aromatic N) is 1. The fraction of sp³-hybridized carbons (Fsp3) is 0.545. The molecule has 4 heteroatoms. The molecule has 1 saturated heterocycles. The predicted molar refractivity (Wildman–Crippen MR) is 61.6 cm³/mol. The number of nitrogens with one attached hydrogen (secondary N) is 1.